The Morgan fingerprint density at radius 2 is 1.77 bits per heavy atom. The molecule has 0 aliphatic heterocycles. The van der Waals surface area contributed by atoms with Crippen molar-refractivity contribution in [3.63, 3.8) is 0 Å². The number of hydrogen-bond donors (Lipinski definition) is 0. The number of ether oxygens (including phenoxy) is 1. The first-order chi connectivity index (χ1) is 10.5. The molecule has 0 unspecified atom stereocenters. The van der Waals surface area contributed by atoms with Crippen molar-refractivity contribution >= 4 is 21.1 Å². The highest BCUT2D eigenvalue weighted by Gasteiger charge is 2.23. The summed E-state index contributed by atoms with van der Waals surface area (Å²) >= 11 is 0. The van der Waals surface area contributed by atoms with Crippen LogP contribution in [0.2, 0.25) is 0 Å². The zero-order chi connectivity index (χ0) is 15.7. The molecule has 0 aliphatic carbocycles. The minimum Gasteiger partial charge on any atom is -0.377 e. The molecule has 2 aromatic carbocycles. The largest absolute Gasteiger partial charge is 0.377 e. The second kappa shape index (κ2) is 5.55. The molecule has 3 aromatic rings. The van der Waals surface area contributed by atoms with Crippen molar-refractivity contribution in [3.8, 4) is 0 Å². The van der Waals surface area contributed by atoms with Crippen LogP contribution in [-0.2, 0) is 21.4 Å². The Kier molecular flexibility index (Phi) is 3.72. The number of aromatic nitrogens is 2. The zero-order valence-electron chi connectivity index (χ0n) is 12.4. The van der Waals surface area contributed by atoms with E-state index in [1.165, 1.54) is 11.1 Å². The van der Waals surface area contributed by atoms with Crippen LogP contribution in [0.25, 0.3) is 11.0 Å². The molecule has 0 fully saturated rings. The minimum absolute atomic E-state index is 0.125. The number of methoxy groups -OCH3 is 1. The van der Waals surface area contributed by atoms with Gasteiger partial charge in [-0.05, 0) is 31.2 Å². The highest BCUT2D eigenvalue weighted by atomic mass is 32.2. The van der Waals surface area contributed by atoms with Crippen molar-refractivity contribution in [1.29, 1.82) is 0 Å². The first-order valence-corrected chi connectivity index (χ1v) is 8.25. The van der Waals surface area contributed by atoms with Crippen LogP contribution in [-0.4, -0.2) is 24.5 Å². The van der Waals surface area contributed by atoms with Gasteiger partial charge in [-0.15, -0.1) is 0 Å². The lowest BCUT2D eigenvalue weighted by molar-refractivity contribution is 0.177. The molecule has 1 heterocycles. The molecular formula is C16H16N2O3S. The number of hydrogen-bond acceptors (Lipinski definition) is 4. The van der Waals surface area contributed by atoms with Crippen molar-refractivity contribution in [2.45, 2.75) is 18.4 Å². The second-order valence-electron chi connectivity index (χ2n) is 5.03. The van der Waals surface area contributed by atoms with Crippen LogP contribution in [0.15, 0.2) is 53.4 Å². The molecule has 0 amide bonds. The molecule has 0 radical (unpaired) electrons. The molecule has 3 rings (SSSR count). The number of benzene rings is 2. The topological polar surface area (TPSA) is 61.2 Å². The molecular weight excluding hydrogens is 300 g/mol. The summed E-state index contributed by atoms with van der Waals surface area (Å²) in [6, 6.07) is 13.9. The van der Waals surface area contributed by atoms with Crippen LogP contribution >= 0.6 is 0 Å². The minimum atomic E-state index is -3.72. The lowest BCUT2D eigenvalue weighted by Gasteiger charge is -2.10. The van der Waals surface area contributed by atoms with E-state index in [9.17, 15) is 8.42 Å². The molecule has 22 heavy (non-hydrogen) atoms. The van der Waals surface area contributed by atoms with Crippen LogP contribution in [0.4, 0.5) is 0 Å². The Hall–Kier alpha value is -2.18. The van der Waals surface area contributed by atoms with E-state index in [0.717, 1.165) is 5.56 Å². The monoisotopic (exact) mass is 316 g/mol. The summed E-state index contributed by atoms with van der Waals surface area (Å²) in [7, 11) is -2.20. The van der Waals surface area contributed by atoms with Gasteiger partial charge in [-0.25, -0.2) is 17.4 Å². The molecule has 0 aliphatic rings. The van der Waals surface area contributed by atoms with E-state index < -0.39 is 10.0 Å². The molecule has 0 saturated carbocycles. The highest BCUT2D eigenvalue weighted by molar-refractivity contribution is 7.90. The summed E-state index contributed by atoms with van der Waals surface area (Å²) in [5.74, 6) is 0.365. The zero-order valence-corrected chi connectivity index (χ0v) is 13.2. The molecule has 0 atom stereocenters. The quantitative estimate of drug-likeness (QED) is 0.742. The van der Waals surface area contributed by atoms with Gasteiger partial charge in [-0.2, -0.15) is 0 Å². The lowest BCUT2D eigenvalue weighted by Crippen LogP contribution is -2.16. The normalized spacial score (nSPS) is 11.9. The lowest BCUT2D eigenvalue weighted by atomic mass is 10.2. The van der Waals surface area contributed by atoms with E-state index in [-0.39, 0.29) is 11.5 Å². The number of fused-ring (bicyclic) bond motifs is 1. The number of nitrogens with zero attached hydrogens (tertiary/aromatic N) is 2. The summed E-state index contributed by atoms with van der Waals surface area (Å²) in [5.41, 5.74) is 2.19. The van der Waals surface area contributed by atoms with Gasteiger partial charge >= 0.3 is 0 Å². The predicted octanol–water partition coefficient (Wildman–Crippen LogP) is 2.73. The first kappa shape index (κ1) is 14.7. The van der Waals surface area contributed by atoms with Gasteiger partial charge in [0.2, 0.25) is 0 Å². The van der Waals surface area contributed by atoms with Gasteiger partial charge in [0.1, 0.15) is 12.4 Å². The van der Waals surface area contributed by atoms with Crippen LogP contribution in [0.1, 0.15) is 11.4 Å². The Balaban J connectivity index is 2.27. The number of para-hydroxylation sites is 2. The van der Waals surface area contributed by atoms with Crippen LogP contribution in [0, 0.1) is 6.92 Å². The fourth-order valence-electron chi connectivity index (χ4n) is 2.36. The van der Waals surface area contributed by atoms with Gasteiger partial charge in [0.05, 0.1) is 15.9 Å². The smallest absolute Gasteiger partial charge is 0.269 e. The highest BCUT2D eigenvalue weighted by Crippen LogP contribution is 2.23. The van der Waals surface area contributed by atoms with Crippen molar-refractivity contribution in [2.24, 2.45) is 0 Å². The summed E-state index contributed by atoms with van der Waals surface area (Å²) < 4.78 is 32.3. The average Bonchev–Trinajstić information content (AvgIpc) is 2.86. The van der Waals surface area contributed by atoms with E-state index in [1.54, 1.807) is 42.5 Å². The third kappa shape index (κ3) is 2.40. The molecule has 114 valence electrons. The van der Waals surface area contributed by atoms with E-state index in [2.05, 4.69) is 4.98 Å². The summed E-state index contributed by atoms with van der Waals surface area (Å²) in [6.45, 7) is 2.04. The van der Waals surface area contributed by atoms with Crippen LogP contribution in [0.3, 0.4) is 0 Å². The van der Waals surface area contributed by atoms with E-state index >= 15 is 0 Å². The van der Waals surface area contributed by atoms with Crippen molar-refractivity contribution in [1.82, 2.24) is 8.96 Å². The predicted molar refractivity (Wildman–Crippen MR) is 84.2 cm³/mol. The third-order valence-electron chi connectivity index (χ3n) is 3.42. The van der Waals surface area contributed by atoms with Crippen LogP contribution < -0.4 is 0 Å². The fourth-order valence-corrected chi connectivity index (χ4v) is 3.83. The summed E-state index contributed by atoms with van der Waals surface area (Å²) in [5, 5.41) is 0. The number of imidazole rings is 1. The molecule has 0 bridgehead atoms. The maximum absolute atomic E-state index is 13.0. The van der Waals surface area contributed by atoms with Gasteiger partial charge in [0.25, 0.3) is 10.0 Å². The maximum Gasteiger partial charge on any atom is 0.269 e. The maximum atomic E-state index is 13.0. The van der Waals surface area contributed by atoms with Crippen molar-refractivity contribution < 1.29 is 13.2 Å². The number of rotatable bonds is 4. The van der Waals surface area contributed by atoms with Gasteiger partial charge in [-0.3, -0.25) is 0 Å². The molecule has 0 saturated heterocycles. The number of aryl methyl sites for hydroxylation is 1. The van der Waals surface area contributed by atoms with Gasteiger partial charge in [-0.1, -0.05) is 29.8 Å². The SMILES string of the molecule is COCc1nc2ccccc2n1S(=O)(=O)c1ccc(C)cc1. The Morgan fingerprint density at radius 1 is 1.09 bits per heavy atom. The van der Waals surface area contributed by atoms with E-state index in [1.807, 2.05) is 13.0 Å². The standard InChI is InChI=1S/C16H16N2O3S/c1-12-7-9-13(10-8-12)22(19,20)18-15-6-4-3-5-14(15)17-16(18)11-21-2/h3-10H,11H2,1-2H3. The molecule has 5 nitrogen and oxygen atoms in total. The second-order valence-corrected chi connectivity index (χ2v) is 6.82. The van der Waals surface area contributed by atoms with Gasteiger partial charge < -0.3 is 4.74 Å². The third-order valence-corrected chi connectivity index (χ3v) is 5.17. The van der Waals surface area contributed by atoms with E-state index in [0.29, 0.717) is 16.9 Å². The molecule has 0 N–H and O–H groups in total. The fraction of sp³-hybridized carbons (Fsp3) is 0.188. The van der Waals surface area contributed by atoms with Crippen LogP contribution in [0.5, 0.6) is 0 Å². The Labute approximate surface area is 129 Å². The Morgan fingerprint density at radius 3 is 2.45 bits per heavy atom. The molecule has 1 aromatic heterocycles. The van der Waals surface area contributed by atoms with Gasteiger partial charge in [0.15, 0.2) is 0 Å². The summed E-state index contributed by atoms with van der Waals surface area (Å²) in [6.07, 6.45) is 0. The molecule has 0 spiro atoms. The van der Waals surface area contributed by atoms with Crippen molar-refractivity contribution in [2.75, 3.05) is 7.11 Å². The van der Waals surface area contributed by atoms with Crippen molar-refractivity contribution in [3.05, 3.63) is 59.9 Å². The Bertz CT molecular complexity index is 912. The van der Waals surface area contributed by atoms with E-state index in [4.69, 9.17) is 4.74 Å². The molecule has 6 heteroatoms. The first-order valence-electron chi connectivity index (χ1n) is 6.81. The average molecular weight is 316 g/mol. The van der Waals surface area contributed by atoms with Gasteiger partial charge in [0, 0.05) is 7.11 Å². The summed E-state index contributed by atoms with van der Waals surface area (Å²) in [4.78, 5) is 4.61.